The van der Waals surface area contributed by atoms with E-state index in [2.05, 4.69) is 40.3 Å². The Bertz CT molecular complexity index is 641. The molecule has 0 saturated heterocycles. The molecule has 4 heteroatoms. The molecule has 4 nitrogen and oxygen atoms in total. The van der Waals surface area contributed by atoms with Crippen molar-refractivity contribution in [3.8, 4) is 6.07 Å². The van der Waals surface area contributed by atoms with Crippen LogP contribution in [-0.2, 0) is 6.54 Å². The van der Waals surface area contributed by atoms with E-state index in [0.717, 1.165) is 5.82 Å². The summed E-state index contributed by atoms with van der Waals surface area (Å²) in [5.74, 6) is 0.722. The van der Waals surface area contributed by atoms with Gasteiger partial charge in [-0.15, -0.1) is 0 Å². The van der Waals surface area contributed by atoms with Gasteiger partial charge in [0.05, 0.1) is 0 Å². The van der Waals surface area contributed by atoms with Crippen molar-refractivity contribution in [2.24, 2.45) is 0 Å². The summed E-state index contributed by atoms with van der Waals surface area (Å²) >= 11 is 0. The fourth-order valence-corrected chi connectivity index (χ4v) is 1.94. The molecule has 0 bridgehead atoms. The first-order valence-corrected chi connectivity index (χ1v) is 6.48. The van der Waals surface area contributed by atoms with E-state index >= 15 is 0 Å². The van der Waals surface area contributed by atoms with E-state index in [0.29, 0.717) is 12.2 Å². The van der Waals surface area contributed by atoms with Gasteiger partial charge < -0.3 is 10.2 Å². The minimum absolute atomic E-state index is 0.426. The van der Waals surface area contributed by atoms with Crippen LogP contribution in [0.4, 0.5) is 11.5 Å². The Kier molecular flexibility index (Phi) is 4.21. The Morgan fingerprint density at radius 3 is 2.70 bits per heavy atom. The molecule has 0 aliphatic heterocycles. The molecule has 0 saturated carbocycles. The molecule has 2 aromatic rings. The van der Waals surface area contributed by atoms with Gasteiger partial charge in [0.2, 0.25) is 0 Å². The van der Waals surface area contributed by atoms with Gasteiger partial charge in [-0.25, -0.2) is 4.98 Å². The zero-order valence-corrected chi connectivity index (χ0v) is 12.0. The SMILES string of the molecule is Cc1cc(N(C)C)ccc1CNc1cccc(C#N)n1. The number of hydrogen-bond donors (Lipinski definition) is 1. The average Bonchev–Trinajstić information content (AvgIpc) is 2.46. The average molecular weight is 266 g/mol. The fraction of sp³-hybridized carbons (Fsp3) is 0.250. The highest BCUT2D eigenvalue weighted by Crippen LogP contribution is 2.18. The molecule has 0 amide bonds. The third kappa shape index (κ3) is 3.27. The first kappa shape index (κ1) is 13.9. The topological polar surface area (TPSA) is 52.0 Å². The van der Waals surface area contributed by atoms with E-state index < -0.39 is 0 Å². The Hall–Kier alpha value is -2.54. The van der Waals surface area contributed by atoms with Crippen molar-refractivity contribution in [3.63, 3.8) is 0 Å². The molecule has 0 unspecified atom stereocenters. The number of nitriles is 1. The zero-order valence-electron chi connectivity index (χ0n) is 12.0. The van der Waals surface area contributed by atoms with Crippen LogP contribution >= 0.6 is 0 Å². The summed E-state index contributed by atoms with van der Waals surface area (Å²) in [6.45, 7) is 2.80. The number of aryl methyl sites for hydroxylation is 1. The molecule has 1 heterocycles. The molecular formula is C16H18N4. The van der Waals surface area contributed by atoms with Crippen LogP contribution < -0.4 is 10.2 Å². The molecular weight excluding hydrogens is 248 g/mol. The maximum atomic E-state index is 8.83. The van der Waals surface area contributed by atoms with Crippen LogP contribution in [0.1, 0.15) is 16.8 Å². The quantitative estimate of drug-likeness (QED) is 0.924. The predicted octanol–water partition coefficient (Wildman–Crippen LogP) is 2.94. The van der Waals surface area contributed by atoms with E-state index in [-0.39, 0.29) is 0 Å². The van der Waals surface area contributed by atoms with E-state index in [4.69, 9.17) is 5.26 Å². The largest absolute Gasteiger partial charge is 0.378 e. The van der Waals surface area contributed by atoms with Gasteiger partial charge in [-0.3, -0.25) is 0 Å². The van der Waals surface area contributed by atoms with Gasteiger partial charge in [0.25, 0.3) is 0 Å². The van der Waals surface area contributed by atoms with Gasteiger partial charge in [-0.05, 0) is 42.3 Å². The number of nitrogens with zero attached hydrogens (tertiary/aromatic N) is 3. The van der Waals surface area contributed by atoms with Crippen LogP contribution in [0.15, 0.2) is 36.4 Å². The molecule has 0 aliphatic carbocycles. The van der Waals surface area contributed by atoms with Crippen molar-refractivity contribution >= 4 is 11.5 Å². The monoisotopic (exact) mass is 266 g/mol. The number of benzene rings is 1. The summed E-state index contributed by atoms with van der Waals surface area (Å²) in [4.78, 5) is 6.29. The second-order valence-electron chi connectivity index (χ2n) is 4.88. The maximum Gasteiger partial charge on any atom is 0.142 e. The van der Waals surface area contributed by atoms with Gasteiger partial charge in [0.1, 0.15) is 17.6 Å². The first-order chi connectivity index (χ1) is 9.60. The number of hydrogen-bond acceptors (Lipinski definition) is 4. The van der Waals surface area contributed by atoms with Gasteiger partial charge in [-0.1, -0.05) is 12.1 Å². The Labute approximate surface area is 119 Å². The third-order valence-corrected chi connectivity index (χ3v) is 3.17. The van der Waals surface area contributed by atoms with Crippen molar-refractivity contribution in [2.75, 3.05) is 24.3 Å². The molecule has 0 atom stereocenters. The predicted molar refractivity (Wildman–Crippen MR) is 81.8 cm³/mol. The van der Waals surface area contributed by atoms with Crippen molar-refractivity contribution in [3.05, 3.63) is 53.2 Å². The molecule has 1 aromatic carbocycles. The molecule has 1 N–H and O–H groups in total. The van der Waals surface area contributed by atoms with Crippen molar-refractivity contribution in [2.45, 2.75) is 13.5 Å². The smallest absolute Gasteiger partial charge is 0.142 e. The summed E-state index contributed by atoms with van der Waals surface area (Å²) in [5.41, 5.74) is 4.07. The van der Waals surface area contributed by atoms with Crippen molar-refractivity contribution < 1.29 is 0 Å². The van der Waals surface area contributed by atoms with Gasteiger partial charge in [-0.2, -0.15) is 5.26 Å². The third-order valence-electron chi connectivity index (χ3n) is 3.17. The van der Waals surface area contributed by atoms with Gasteiger partial charge in [0, 0.05) is 26.3 Å². The lowest BCUT2D eigenvalue weighted by Gasteiger charge is -2.15. The fourth-order valence-electron chi connectivity index (χ4n) is 1.94. The summed E-state index contributed by atoms with van der Waals surface area (Å²) in [7, 11) is 4.06. The number of nitrogens with one attached hydrogen (secondary N) is 1. The van der Waals surface area contributed by atoms with Crippen LogP contribution in [0.3, 0.4) is 0 Å². The van der Waals surface area contributed by atoms with Crippen molar-refractivity contribution in [1.82, 2.24) is 4.98 Å². The standard InChI is InChI=1S/C16H18N4/c1-12-9-15(20(2)3)8-7-13(12)11-18-16-6-4-5-14(10-17)19-16/h4-9H,11H2,1-3H3,(H,18,19). The summed E-state index contributed by atoms with van der Waals surface area (Å²) < 4.78 is 0. The number of pyridine rings is 1. The van der Waals surface area contributed by atoms with E-state index in [1.807, 2.05) is 32.3 Å². The second-order valence-corrected chi connectivity index (χ2v) is 4.88. The Morgan fingerprint density at radius 2 is 2.05 bits per heavy atom. The molecule has 2 rings (SSSR count). The number of rotatable bonds is 4. The normalized spacial score (nSPS) is 9.90. The lowest BCUT2D eigenvalue weighted by Crippen LogP contribution is -2.10. The first-order valence-electron chi connectivity index (χ1n) is 6.48. The molecule has 0 fully saturated rings. The Morgan fingerprint density at radius 1 is 1.25 bits per heavy atom. The number of anilines is 2. The number of aromatic nitrogens is 1. The van der Waals surface area contributed by atoms with E-state index in [9.17, 15) is 0 Å². The summed E-state index contributed by atoms with van der Waals surface area (Å²) in [5, 5.41) is 12.1. The van der Waals surface area contributed by atoms with E-state index in [1.165, 1.54) is 16.8 Å². The second kappa shape index (κ2) is 6.07. The van der Waals surface area contributed by atoms with E-state index in [1.54, 1.807) is 6.07 Å². The summed E-state index contributed by atoms with van der Waals surface area (Å²) in [6, 6.07) is 13.8. The van der Waals surface area contributed by atoms with Crippen LogP contribution in [0.25, 0.3) is 0 Å². The molecule has 0 spiro atoms. The zero-order chi connectivity index (χ0) is 14.5. The highest BCUT2D eigenvalue weighted by Gasteiger charge is 2.02. The highest BCUT2D eigenvalue weighted by molar-refractivity contribution is 5.50. The van der Waals surface area contributed by atoms with Crippen LogP contribution in [0, 0.1) is 18.3 Å². The maximum absolute atomic E-state index is 8.83. The van der Waals surface area contributed by atoms with Gasteiger partial charge in [0.15, 0.2) is 0 Å². The lowest BCUT2D eigenvalue weighted by atomic mass is 10.1. The Balaban J connectivity index is 2.09. The minimum atomic E-state index is 0.426. The van der Waals surface area contributed by atoms with Gasteiger partial charge >= 0.3 is 0 Å². The highest BCUT2D eigenvalue weighted by atomic mass is 15.1. The van der Waals surface area contributed by atoms with Crippen molar-refractivity contribution in [1.29, 1.82) is 5.26 Å². The van der Waals surface area contributed by atoms with Crippen LogP contribution in [-0.4, -0.2) is 19.1 Å². The molecule has 102 valence electrons. The molecule has 0 radical (unpaired) electrons. The van der Waals surface area contributed by atoms with Crippen LogP contribution in [0.5, 0.6) is 0 Å². The minimum Gasteiger partial charge on any atom is -0.378 e. The molecule has 0 aliphatic rings. The lowest BCUT2D eigenvalue weighted by molar-refractivity contribution is 1.07. The summed E-state index contributed by atoms with van der Waals surface area (Å²) in [6.07, 6.45) is 0. The molecule has 20 heavy (non-hydrogen) atoms. The van der Waals surface area contributed by atoms with Crippen LogP contribution in [0.2, 0.25) is 0 Å². The molecule has 1 aromatic heterocycles.